The third kappa shape index (κ3) is 4.00. The van der Waals surface area contributed by atoms with E-state index in [0.29, 0.717) is 5.75 Å². The molecule has 0 amide bonds. The smallest absolute Gasteiger partial charge is 0.383 e. The first-order chi connectivity index (χ1) is 4.48. The molecule has 0 heterocycles. The lowest BCUT2D eigenvalue weighted by Gasteiger charge is -2.12. The van der Waals surface area contributed by atoms with Crippen LogP contribution in [0.2, 0.25) is 0 Å². The van der Waals surface area contributed by atoms with Crippen LogP contribution in [-0.4, -0.2) is 28.9 Å². The van der Waals surface area contributed by atoms with Crippen LogP contribution >= 0.6 is 11.8 Å². The summed E-state index contributed by atoms with van der Waals surface area (Å²) in [6, 6.07) is 0. The molecule has 10 heavy (non-hydrogen) atoms. The van der Waals surface area contributed by atoms with Gasteiger partial charge in [0.2, 0.25) is 0 Å². The Bertz CT molecular complexity index is 93.4. The summed E-state index contributed by atoms with van der Waals surface area (Å²) in [6.07, 6.45) is -6.63. The first-order valence-corrected chi connectivity index (χ1v) is 3.96. The van der Waals surface area contributed by atoms with Crippen molar-refractivity contribution in [2.45, 2.75) is 19.2 Å². The molecule has 0 aliphatic carbocycles. The quantitative estimate of drug-likeness (QED) is 0.702. The lowest BCUT2D eigenvalue weighted by molar-refractivity contribution is -0.195. The Morgan fingerprint density at radius 1 is 1.50 bits per heavy atom. The third-order valence-electron chi connectivity index (χ3n) is 0.858. The average molecular weight is 174 g/mol. The normalized spacial score (nSPS) is 15.3. The fourth-order valence-electron chi connectivity index (χ4n) is 0.324. The number of thioether (sulfide) groups is 1. The van der Waals surface area contributed by atoms with Crippen molar-refractivity contribution in [2.75, 3.05) is 11.5 Å². The molecule has 1 unspecified atom stereocenters. The Hall–Kier alpha value is 0.100. The number of hydrogen-bond acceptors (Lipinski definition) is 2. The minimum absolute atomic E-state index is 0.264. The van der Waals surface area contributed by atoms with Gasteiger partial charge in [-0.3, -0.25) is 0 Å². The van der Waals surface area contributed by atoms with Crippen molar-refractivity contribution in [1.29, 1.82) is 0 Å². The van der Waals surface area contributed by atoms with Crippen molar-refractivity contribution >= 4 is 11.8 Å². The van der Waals surface area contributed by atoms with Gasteiger partial charge < -0.3 is 5.11 Å². The van der Waals surface area contributed by atoms with E-state index in [9.17, 15) is 13.2 Å². The summed E-state index contributed by atoms with van der Waals surface area (Å²) < 4.78 is 34.5. The SMILES string of the molecule is CCSCC(O)C(F)(F)F. The van der Waals surface area contributed by atoms with Gasteiger partial charge >= 0.3 is 6.18 Å². The van der Waals surface area contributed by atoms with Crippen LogP contribution in [0, 0.1) is 0 Å². The summed E-state index contributed by atoms with van der Waals surface area (Å²) in [5, 5.41) is 8.37. The fraction of sp³-hybridized carbons (Fsp3) is 1.00. The summed E-state index contributed by atoms with van der Waals surface area (Å²) in [4.78, 5) is 0. The maximum absolute atomic E-state index is 11.5. The van der Waals surface area contributed by atoms with Gasteiger partial charge in [0.05, 0.1) is 0 Å². The summed E-state index contributed by atoms with van der Waals surface area (Å²) >= 11 is 1.07. The molecule has 0 aromatic carbocycles. The molecular weight excluding hydrogens is 165 g/mol. The number of alkyl halides is 3. The van der Waals surface area contributed by atoms with Crippen molar-refractivity contribution in [3.8, 4) is 0 Å². The fourth-order valence-corrected chi connectivity index (χ4v) is 0.972. The zero-order valence-corrected chi connectivity index (χ0v) is 6.30. The monoisotopic (exact) mass is 174 g/mol. The average Bonchev–Trinajstić information content (AvgIpc) is 1.80. The molecular formula is C5H9F3OS. The van der Waals surface area contributed by atoms with Crippen molar-refractivity contribution in [3.63, 3.8) is 0 Å². The lowest BCUT2D eigenvalue weighted by atomic mass is 10.4. The number of aliphatic hydroxyl groups excluding tert-OH is 1. The zero-order valence-electron chi connectivity index (χ0n) is 5.48. The second-order valence-corrected chi connectivity index (χ2v) is 3.04. The van der Waals surface area contributed by atoms with E-state index in [4.69, 9.17) is 5.11 Å². The van der Waals surface area contributed by atoms with Gasteiger partial charge in [0, 0.05) is 5.75 Å². The first-order valence-electron chi connectivity index (χ1n) is 2.81. The summed E-state index contributed by atoms with van der Waals surface area (Å²) in [7, 11) is 0. The van der Waals surface area contributed by atoms with Gasteiger partial charge in [-0.05, 0) is 5.75 Å². The molecule has 62 valence electrons. The molecule has 0 fully saturated rings. The molecule has 1 nitrogen and oxygen atoms in total. The van der Waals surface area contributed by atoms with Crippen LogP contribution in [0.25, 0.3) is 0 Å². The number of aliphatic hydroxyl groups is 1. The second-order valence-electron chi connectivity index (χ2n) is 1.72. The molecule has 0 spiro atoms. The summed E-state index contributed by atoms with van der Waals surface area (Å²) in [5.74, 6) is 0.327. The highest BCUT2D eigenvalue weighted by atomic mass is 32.2. The van der Waals surface area contributed by atoms with Gasteiger partial charge in [-0.15, -0.1) is 0 Å². The number of hydrogen-bond donors (Lipinski definition) is 1. The highest BCUT2D eigenvalue weighted by molar-refractivity contribution is 7.99. The van der Waals surface area contributed by atoms with Crippen molar-refractivity contribution in [1.82, 2.24) is 0 Å². The van der Waals surface area contributed by atoms with E-state index in [2.05, 4.69) is 0 Å². The van der Waals surface area contributed by atoms with Crippen LogP contribution in [0.4, 0.5) is 13.2 Å². The molecule has 0 aromatic heterocycles. The summed E-state index contributed by atoms with van der Waals surface area (Å²) in [6.45, 7) is 1.74. The first kappa shape index (κ1) is 10.1. The zero-order chi connectivity index (χ0) is 8.20. The predicted octanol–water partition coefficient (Wildman–Crippen LogP) is 1.66. The van der Waals surface area contributed by atoms with Crippen LogP contribution in [0.15, 0.2) is 0 Å². The number of rotatable bonds is 3. The second kappa shape index (κ2) is 4.08. The largest absolute Gasteiger partial charge is 0.415 e. The standard InChI is InChI=1S/C5H9F3OS/c1-2-10-3-4(9)5(6,7)8/h4,9H,2-3H2,1H3. The van der Waals surface area contributed by atoms with Gasteiger partial charge in [0.15, 0.2) is 6.10 Å². The third-order valence-corrected chi connectivity index (χ3v) is 1.82. The van der Waals surface area contributed by atoms with Crippen LogP contribution in [0.3, 0.4) is 0 Å². The minimum atomic E-state index is -4.46. The summed E-state index contributed by atoms with van der Waals surface area (Å²) in [5.41, 5.74) is 0. The molecule has 1 atom stereocenters. The van der Waals surface area contributed by atoms with Crippen molar-refractivity contribution in [2.24, 2.45) is 0 Å². The molecule has 0 radical (unpaired) electrons. The van der Waals surface area contributed by atoms with E-state index in [1.54, 1.807) is 6.92 Å². The Labute approximate surface area is 61.6 Å². The molecule has 5 heteroatoms. The molecule has 0 aliphatic rings. The Kier molecular flexibility index (Phi) is 4.12. The van der Waals surface area contributed by atoms with E-state index in [1.807, 2.05) is 0 Å². The van der Waals surface area contributed by atoms with Crippen LogP contribution in [0.1, 0.15) is 6.92 Å². The van der Waals surface area contributed by atoms with E-state index in [1.165, 1.54) is 0 Å². The lowest BCUT2D eigenvalue weighted by Crippen LogP contribution is -2.30. The Morgan fingerprint density at radius 2 is 2.00 bits per heavy atom. The van der Waals surface area contributed by atoms with E-state index < -0.39 is 12.3 Å². The minimum Gasteiger partial charge on any atom is -0.383 e. The highest BCUT2D eigenvalue weighted by Crippen LogP contribution is 2.22. The van der Waals surface area contributed by atoms with Crippen LogP contribution < -0.4 is 0 Å². The van der Waals surface area contributed by atoms with Crippen LogP contribution in [0.5, 0.6) is 0 Å². The van der Waals surface area contributed by atoms with Gasteiger partial charge in [-0.1, -0.05) is 6.92 Å². The Morgan fingerprint density at radius 3 is 2.30 bits per heavy atom. The molecule has 0 bridgehead atoms. The molecule has 0 aliphatic heterocycles. The van der Waals surface area contributed by atoms with Gasteiger partial charge in [-0.25, -0.2) is 0 Å². The Balaban J connectivity index is 3.52. The van der Waals surface area contributed by atoms with Crippen molar-refractivity contribution < 1.29 is 18.3 Å². The van der Waals surface area contributed by atoms with Crippen LogP contribution in [-0.2, 0) is 0 Å². The van der Waals surface area contributed by atoms with Gasteiger partial charge in [0.25, 0.3) is 0 Å². The molecule has 0 saturated carbocycles. The predicted molar refractivity (Wildman–Crippen MR) is 35.1 cm³/mol. The van der Waals surface area contributed by atoms with Gasteiger partial charge in [0.1, 0.15) is 0 Å². The maximum atomic E-state index is 11.5. The van der Waals surface area contributed by atoms with E-state index >= 15 is 0 Å². The van der Waals surface area contributed by atoms with Crippen molar-refractivity contribution in [3.05, 3.63) is 0 Å². The molecule has 0 rings (SSSR count). The number of halogens is 3. The van der Waals surface area contributed by atoms with Gasteiger partial charge in [-0.2, -0.15) is 24.9 Å². The van der Waals surface area contributed by atoms with E-state index in [0.717, 1.165) is 11.8 Å². The maximum Gasteiger partial charge on any atom is 0.415 e. The highest BCUT2D eigenvalue weighted by Gasteiger charge is 2.37. The topological polar surface area (TPSA) is 20.2 Å². The molecule has 0 aromatic rings. The van der Waals surface area contributed by atoms with E-state index in [-0.39, 0.29) is 5.75 Å². The molecule has 0 saturated heterocycles. The molecule has 1 N–H and O–H groups in total.